The monoisotopic (exact) mass is 489 g/mol. The second-order valence-electron chi connectivity index (χ2n) is 7.94. The SMILES string of the molecule is CC(C)CN(C(=O)CNc1ccc(Cl)cc1Cl)c1c(N)n(Cc2ccccc2)c(=O)[nH]c1=O. The molecule has 0 atom stereocenters. The van der Waals surface area contributed by atoms with Crippen molar-refractivity contribution in [3.8, 4) is 0 Å². The van der Waals surface area contributed by atoms with E-state index >= 15 is 0 Å². The van der Waals surface area contributed by atoms with Crippen LogP contribution in [0.2, 0.25) is 10.0 Å². The molecule has 1 heterocycles. The number of carbonyl (C=O) groups excluding carboxylic acids is 1. The van der Waals surface area contributed by atoms with Crippen LogP contribution in [0.1, 0.15) is 19.4 Å². The lowest BCUT2D eigenvalue weighted by atomic mass is 10.2. The van der Waals surface area contributed by atoms with Crippen molar-refractivity contribution >= 4 is 46.3 Å². The molecule has 0 saturated heterocycles. The molecular formula is C23H25Cl2N5O3. The van der Waals surface area contributed by atoms with Crippen LogP contribution >= 0.6 is 23.2 Å². The number of hydrogen-bond donors (Lipinski definition) is 3. The van der Waals surface area contributed by atoms with Gasteiger partial charge in [0, 0.05) is 11.6 Å². The zero-order valence-electron chi connectivity index (χ0n) is 18.3. The Morgan fingerprint density at radius 1 is 1.15 bits per heavy atom. The summed E-state index contributed by atoms with van der Waals surface area (Å²) in [5.74, 6) is -0.454. The number of anilines is 3. The molecule has 10 heteroatoms. The van der Waals surface area contributed by atoms with Gasteiger partial charge in [0.05, 0.1) is 23.8 Å². The molecule has 33 heavy (non-hydrogen) atoms. The highest BCUT2D eigenvalue weighted by atomic mass is 35.5. The minimum absolute atomic E-state index is 0.0290. The molecule has 174 valence electrons. The zero-order valence-corrected chi connectivity index (χ0v) is 19.8. The highest BCUT2D eigenvalue weighted by Gasteiger charge is 2.25. The number of aromatic nitrogens is 2. The van der Waals surface area contributed by atoms with Crippen LogP contribution in [-0.4, -0.2) is 28.5 Å². The smallest absolute Gasteiger partial charge is 0.330 e. The maximum Gasteiger partial charge on any atom is 0.330 e. The molecule has 0 aliphatic carbocycles. The summed E-state index contributed by atoms with van der Waals surface area (Å²) >= 11 is 12.1. The number of carbonyl (C=O) groups is 1. The number of nitrogens with zero attached hydrogens (tertiary/aromatic N) is 2. The third kappa shape index (κ3) is 5.97. The third-order valence-electron chi connectivity index (χ3n) is 4.88. The van der Waals surface area contributed by atoms with Gasteiger partial charge in [0.2, 0.25) is 5.91 Å². The Kier molecular flexibility index (Phi) is 7.84. The lowest BCUT2D eigenvalue weighted by Crippen LogP contribution is -2.44. The number of rotatable bonds is 8. The van der Waals surface area contributed by atoms with Crippen molar-refractivity contribution in [3.05, 3.63) is 85.0 Å². The average molecular weight is 490 g/mol. The Bertz CT molecular complexity index is 1260. The Balaban J connectivity index is 1.95. The number of aromatic amines is 1. The minimum Gasteiger partial charge on any atom is -0.383 e. The van der Waals surface area contributed by atoms with E-state index in [9.17, 15) is 14.4 Å². The van der Waals surface area contributed by atoms with E-state index in [0.29, 0.717) is 15.7 Å². The summed E-state index contributed by atoms with van der Waals surface area (Å²) in [7, 11) is 0. The summed E-state index contributed by atoms with van der Waals surface area (Å²) in [5.41, 5.74) is 6.21. The van der Waals surface area contributed by atoms with Crippen LogP contribution in [0.4, 0.5) is 17.2 Å². The van der Waals surface area contributed by atoms with E-state index in [0.717, 1.165) is 5.56 Å². The maximum atomic E-state index is 13.2. The van der Waals surface area contributed by atoms with E-state index in [1.807, 2.05) is 44.2 Å². The highest BCUT2D eigenvalue weighted by Crippen LogP contribution is 2.25. The molecule has 0 aliphatic heterocycles. The summed E-state index contributed by atoms with van der Waals surface area (Å²) < 4.78 is 1.25. The molecule has 0 fully saturated rings. The molecule has 0 bridgehead atoms. The van der Waals surface area contributed by atoms with Crippen molar-refractivity contribution in [3.63, 3.8) is 0 Å². The van der Waals surface area contributed by atoms with Gasteiger partial charge < -0.3 is 16.0 Å². The molecule has 0 spiro atoms. The second kappa shape index (κ2) is 10.6. The average Bonchev–Trinajstić information content (AvgIpc) is 2.75. The van der Waals surface area contributed by atoms with Crippen LogP contribution in [-0.2, 0) is 11.3 Å². The van der Waals surface area contributed by atoms with Crippen LogP contribution in [0, 0.1) is 5.92 Å². The van der Waals surface area contributed by atoms with E-state index < -0.39 is 17.2 Å². The number of nitrogens with one attached hydrogen (secondary N) is 2. The fourth-order valence-electron chi connectivity index (χ4n) is 3.34. The quantitative estimate of drug-likeness (QED) is 0.447. The zero-order chi connectivity index (χ0) is 24.1. The summed E-state index contributed by atoms with van der Waals surface area (Å²) in [4.78, 5) is 42.0. The van der Waals surface area contributed by atoms with E-state index in [4.69, 9.17) is 28.9 Å². The van der Waals surface area contributed by atoms with E-state index in [2.05, 4.69) is 10.3 Å². The van der Waals surface area contributed by atoms with Crippen molar-refractivity contribution < 1.29 is 4.79 Å². The molecule has 4 N–H and O–H groups in total. The maximum absolute atomic E-state index is 13.2. The summed E-state index contributed by atoms with van der Waals surface area (Å²) in [6, 6.07) is 14.1. The lowest BCUT2D eigenvalue weighted by molar-refractivity contribution is -0.117. The lowest BCUT2D eigenvalue weighted by Gasteiger charge is -2.26. The van der Waals surface area contributed by atoms with Gasteiger partial charge in [-0.05, 0) is 29.7 Å². The van der Waals surface area contributed by atoms with Gasteiger partial charge in [-0.1, -0.05) is 67.4 Å². The highest BCUT2D eigenvalue weighted by molar-refractivity contribution is 6.36. The summed E-state index contributed by atoms with van der Waals surface area (Å²) in [5, 5.41) is 3.80. The second-order valence-corrected chi connectivity index (χ2v) is 8.78. The fraction of sp³-hybridized carbons (Fsp3) is 0.261. The third-order valence-corrected chi connectivity index (χ3v) is 5.43. The van der Waals surface area contributed by atoms with Gasteiger partial charge in [0.15, 0.2) is 5.69 Å². The van der Waals surface area contributed by atoms with Crippen molar-refractivity contribution in [1.82, 2.24) is 9.55 Å². The van der Waals surface area contributed by atoms with Gasteiger partial charge in [-0.15, -0.1) is 0 Å². The molecule has 3 rings (SSSR count). The van der Waals surface area contributed by atoms with Gasteiger partial charge in [0.1, 0.15) is 5.82 Å². The van der Waals surface area contributed by atoms with Gasteiger partial charge in [-0.25, -0.2) is 4.79 Å². The minimum atomic E-state index is -0.722. The van der Waals surface area contributed by atoms with Gasteiger partial charge in [-0.2, -0.15) is 0 Å². The molecule has 1 aromatic heterocycles. The predicted molar refractivity (Wildman–Crippen MR) is 133 cm³/mol. The number of H-pyrrole nitrogens is 1. The Morgan fingerprint density at radius 3 is 2.48 bits per heavy atom. The Labute approximate surface area is 200 Å². The van der Waals surface area contributed by atoms with Crippen LogP contribution in [0.3, 0.4) is 0 Å². The van der Waals surface area contributed by atoms with Crippen LogP contribution in [0.25, 0.3) is 0 Å². The van der Waals surface area contributed by atoms with E-state index in [1.165, 1.54) is 9.47 Å². The molecule has 3 aromatic rings. The number of benzene rings is 2. The fourth-order valence-corrected chi connectivity index (χ4v) is 3.82. The molecular weight excluding hydrogens is 465 g/mol. The molecule has 0 unspecified atom stereocenters. The van der Waals surface area contributed by atoms with Crippen LogP contribution in [0.15, 0.2) is 58.1 Å². The van der Waals surface area contributed by atoms with E-state index in [-0.39, 0.29) is 37.1 Å². The topological polar surface area (TPSA) is 113 Å². The molecule has 0 saturated carbocycles. The predicted octanol–water partition coefficient (Wildman–Crippen LogP) is 3.58. The first-order valence-corrected chi connectivity index (χ1v) is 11.1. The molecule has 0 aliphatic rings. The van der Waals surface area contributed by atoms with Crippen molar-refractivity contribution in [1.29, 1.82) is 0 Å². The first-order chi connectivity index (χ1) is 15.7. The van der Waals surface area contributed by atoms with Crippen LogP contribution < -0.4 is 27.2 Å². The summed E-state index contributed by atoms with van der Waals surface area (Å²) in [6.45, 7) is 4.05. The Hall–Kier alpha value is -3.23. The number of nitrogens with two attached hydrogens (primary N) is 1. The number of amides is 1. The first kappa shape index (κ1) is 24.4. The van der Waals surface area contributed by atoms with Gasteiger partial charge in [0.25, 0.3) is 5.56 Å². The van der Waals surface area contributed by atoms with Crippen molar-refractivity contribution in [2.45, 2.75) is 20.4 Å². The molecule has 2 aromatic carbocycles. The van der Waals surface area contributed by atoms with Crippen LogP contribution in [0.5, 0.6) is 0 Å². The summed E-state index contributed by atoms with van der Waals surface area (Å²) in [6.07, 6.45) is 0. The van der Waals surface area contributed by atoms with Gasteiger partial charge in [-0.3, -0.25) is 19.1 Å². The molecule has 8 nitrogen and oxygen atoms in total. The molecule has 1 amide bonds. The van der Waals surface area contributed by atoms with E-state index in [1.54, 1.807) is 18.2 Å². The normalized spacial score (nSPS) is 10.9. The first-order valence-electron chi connectivity index (χ1n) is 10.3. The number of hydrogen-bond acceptors (Lipinski definition) is 5. The standard InChI is InChI=1S/C23H25Cl2N5O3/c1-14(2)12-29(19(31)11-27-18-9-8-16(24)10-17(18)25)20-21(26)30(23(33)28-22(20)32)13-15-6-4-3-5-7-15/h3-10,14,27H,11-13,26H2,1-2H3,(H,28,32,33). The van der Waals surface area contributed by atoms with Gasteiger partial charge >= 0.3 is 5.69 Å². The number of nitrogen functional groups attached to an aromatic ring is 1. The van der Waals surface area contributed by atoms with Crippen molar-refractivity contribution in [2.24, 2.45) is 5.92 Å². The Morgan fingerprint density at radius 2 is 1.85 bits per heavy atom. The number of halogens is 2. The molecule has 0 radical (unpaired) electrons. The van der Waals surface area contributed by atoms with Crippen molar-refractivity contribution in [2.75, 3.05) is 29.0 Å². The largest absolute Gasteiger partial charge is 0.383 e.